The van der Waals surface area contributed by atoms with Gasteiger partial charge >= 0.3 is 0 Å². The van der Waals surface area contributed by atoms with E-state index in [0.717, 1.165) is 56.9 Å². The molecule has 5 rings (SSSR count). The minimum atomic E-state index is -3.21. The quantitative estimate of drug-likeness (QED) is 0.718. The van der Waals surface area contributed by atoms with Gasteiger partial charge in [0.1, 0.15) is 0 Å². The van der Waals surface area contributed by atoms with Gasteiger partial charge in [-0.05, 0) is 56.9 Å². The molecule has 7 heteroatoms. The number of hydrogen-bond donors (Lipinski definition) is 0. The van der Waals surface area contributed by atoms with Gasteiger partial charge in [0.25, 0.3) is 0 Å². The van der Waals surface area contributed by atoms with Crippen LogP contribution in [0.3, 0.4) is 0 Å². The molecule has 2 saturated carbocycles. The summed E-state index contributed by atoms with van der Waals surface area (Å²) in [6.45, 7) is 2.00. The highest BCUT2D eigenvalue weighted by molar-refractivity contribution is 7.88. The lowest BCUT2D eigenvalue weighted by atomic mass is 9.81. The molecule has 1 amide bonds. The molecule has 2 aliphatic carbocycles. The molecular formula is C23H32N2O4S. The lowest BCUT2D eigenvalue weighted by Gasteiger charge is -2.48. The van der Waals surface area contributed by atoms with E-state index >= 15 is 0 Å². The Morgan fingerprint density at radius 1 is 1.03 bits per heavy atom. The molecule has 6 nitrogen and oxygen atoms in total. The van der Waals surface area contributed by atoms with Gasteiger partial charge in [-0.3, -0.25) is 4.79 Å². The fourth-order valence-electron chi connectivity index (χ4n) is 5.66. The Morgan fingerprint density at radius 3 is 2.27 bits per heavy atom. The van der Waals surface area contributed by atoms with E-state index in [1.54, 1.807) is 4.31 Å². The summed E-state index contributed by atoms with van der Waals surface area (Å²) in [4.78, 5) is 15.4. The second-order valence-corrected chi connectivity index (χ2v) is 11.6. The summed E-state index contributed by atoms with van der Waals surface area (Å²) in [5.41, 5.74) is 0.527. The van der Waals surface area contributed by atoms with E-state index in [1.807, 2.05) is 23.1 Å². The maximum Gasteiger partial charge on any atom is 0.233 e. The fourth-order valence-corrected chi connectivity index (χ4v) is 7.14. The molecule has 1 aromatic carbocycles. The van der Waals surface area contributed by atoms with Crippen molar-refractivity contribution in [3.8, 4) is 0 Å². The van der Waals surface area contributed by atoms with Crippen LogP contribution >= 0.6 is 0 Å². The van der Waals surface area contributed by atoms with E-state index in [1.165, 1.54) is 6.26 Å². The average Bonchev–Trinajstić information content (AvgIpc) is 3.63. The normalized spacial score (nSPS) is 27.9. The molecule has 30 heavy (non-hydrogen) atoms. The minimum absolute atomic E-state index is 0.0302. The van der Waals surface area contributed by atoms with Gasteiger partial charge < -0.3 is 9.64 Å². The van der Waals surface area contributed by atoms with Crippen molar-refractivity contribution >= 4 is 15.9 Å². The Kier molecular flexibility index (Phi) is 4.99. The third-order valence-electron chi connectivity index (χ3n) is 7.56. The second kappa shape index (κ2) is 7.31. The van der Waals surface area contributed by atoms with Crippen LogP contribution in [0.15, 0.2) is 30.3 Å². The van der Waals surface area contributed by atoms with Crippen LogP contribution in [-0.2, 0) is 25.0 Å². The van der Waals surface area contributed by atoms with Crippen molar-refractivity contribution in [2.75, 3.05) is 26.0 Å². The van der Waals surface area contributed by atoms with Crippen molar-refractivity contribution in [3.05, 3.63) is 35.9 Å². The highest BCUT2D eigenvalue weighted by Crippen LogP contribution is 2.50. The predicted molar refractivity (Wildman–Crippen MR) is 115 cm³/mol. The monoisotopic (exact) mass is 432 g/mol. The van der Waals surface area contributed by atoms with Gasteiger partial charge in [0.15, 0.2) is 0 Å². The molecule has 2 heterocycles. The van der Waals surface area contributed by atoms with Crippen LogP contribution in [-0.4, -0.2) is 67.2 Å². The van der Waals surface area contributed by atoms with Gasteiger partial charge in [-0.1, -0.05) is 30.3 Å². The van der Waals surface area contributed by atoms with Crippen LogP contribution in [0.25, 0.3) is 0 Å². The summed E-state index contributed by atoms with van der Waals surface area (Å²) in [6, 6.07) is 10.4. The summed E-state index contributed by atoms with van der Waals surface area (Å²) >= 11 is 0. The Balaban J connectivity index is 1.26. The van der Waals surface area contributed by atoms with Crippen LogP contribution in [0.4, 0.5) is 0 Å². The molecule has 0 bridgehead atoms. The third-order valence-corrected chi connectivity index (χ3v) is 8.93. The van der Waals surface area contributed by atoms with Crippen LogP contribution < -0.4 is 0 Å². The van der Waals surface area contributed by atoms with Crippen LogP contribution in [0, 0.1) is 0 Å². The number of hydrogen-bond acceptors (Lipinski definition) is 4. The molecule has 1 aromatic rings. The van der Waals surface area contributed by atoms with Crippen molar-refractivity contribution in [1.29, 1.82) is 0 Å². The largest absolute Gasteiger partial charge is 0.375 e. The number of rotatable bonds is 5. The minimum Gasteiger partial charge on any atom is -0.375 e. The van der Waals surface area contributed by atoms with Gasteiger partial charge in [0, 0.05) is 31.8 Å². The number of carbonyl (C=O) groups is 1. The number of carbonyl (C=O) groups excluding carboxylic acids is 1. The average molecular weight is 433 g/mol. The summed E-state index contributed by atoms with van der Waals surface area (Å²) in [6.07, 6.45) is 8.26. The van der Waals surface area contributed by atoms with E-state index in [4.69, 9.17) is 4.74 Å². The first-order valence-corrected chi connectivity index (χ1v) is 13.2. The first kappa shape index (κ1) is 20.5. The summed E-state index contributed by atoms with van der Waals surface area (Å²) in [5, 5.41) is 0. The molecule has 0 N–H and O–H groups in total. The first-order valence-electron chi connectivity index (χ1n) is 11.3. The molecule has 2 saturated heterocycles. The van der Waals surface area contributed by atoms with Crippen molar-refractivity contribution in [2.45, 2.75) is 74.5 Å². The lowest BCUT2D eigenvalue weighted by Crippen LogP contribution is -2.56. The van der Waals surface area contributed by atoms with Gasteiger partial charge in [-0.2, -0.15) is 4.31 Å². The molecule has 4 fully saturated rings. The summed E-state index contributed by atoms with van der Waals surface area (Å²) < 4.78 is 32.8. The molecule has 1 atom stereocenters. The summed E-state index contributed by atoms with van der Waals surface area (Å²) in [7, 11) is -3.21. The molecule has 164 valence electrons. The maximum atomic E-state index is 13.4. The Bertz CT molecular complexity index is 900. The Hall–Kier alpha value is -1.44. The standard InChI is InChI=1S/C23H32N2O4S/c1-30(27,28)25(19-7-8-19)20-9-16-29-22(17-20)12-14-24(15-13-22)21(26)23(10-11-23)18-5-3-2-4-6-18/h2-6,19-20H,7-17H2,1H3. The topological polar surface area (TPSA) is 66.9 Å². The van der Waals surface area contributed by atoms with Crippen LogP contribution in [0.1, 0.15) is 56.9 Å². The number of amides is 1. The van der Waals surface area contributed by atoms with Gasteiger partial charge in [0.2, 0.25) is 15.9 Å². The number of nitrogens with zero attached hydrogens (tertiary/aromatic N) is 2. The number of piperidine rings is 1. The van der Waals surface area contributed by atoms with Crippen LogP contribution in [0.2, 0.25) is 0 Å². The second-order valence-electron chi connectivity index (χ2n) is 9.74. The Labute approximate surface area is 179 Å². The van der Waals surface area contributed by atoms with Crippen molar-refractivity contribution in [2.24, 2.45) is 0 Å². The molecule has 1 unspecified atom stereocenters. The van der Waals surface area contributed by atoms with Crippen molar-refractivity contribution in [1.82, 2.24) is 9.21 Å². The first-order chi connectivity index (χ1) is 14.3. The molecular weight excluding hydrogens is 400 g/mol. The molecule has 4 aliphatic rings. The molecule has 0 aromatic heterocycles. The number of ether oxygens (including phenoxy) is 1. The van der Waals surface area contributed by atoms with E-state index in [0.29, 0.717) is 19.7 Å². The number of sulfonamides is 1. The van der Waals surface area contributed by atoms with E-state index in [2.05, 4.69) is 12.1 Å². The van der Waals surface area contributed by atoms with Crippen molar-refractivity contribution < 1.29 is 17.9 Å². The maximum absolute atomic E-state index is 13.4. The zero-order chi connectivity index (χ0) is 21.0. The lowest BCUT2D eigenvalue weighted by molar-refractivity contribution is -0.149. The number of likely N-dealkylation sites (tertiary alicyclic amines) is 1. The molecule has 0 radical (unpaired) electrons. The fraction of sp³-hybridized carbons (Fsp3) is 0.696. The molecule has 1 spiro atoms. The van der Waals surface area contributed by atoms with Crippen molar-refractivity contribution in [3.63, 3.8) is 0 Å². The van der Waals surface area contributed by atoms with Gasteiger partial charge in [-0.25, -0.2) is 8.42 Å². The predicted octanol–water partition coefficient (Wildman–Crippen LogP) is 2.68. The van der Waals surface area contributed by atoms with Crippen LogP contribution in [0.5, 0.6) is 0 Å². The SMILES string of the molecule is CS(=O)(=O)N(C1CC1)C1CCOC2(CCN(C(=O)C3(c4ccccc4)CC3)CC2)C1. The van der Waals surface area contributed by atoms with E-state index in [9.17, 15) is 13.2 Å². The Morgan fingerprint density at radius 2 is 1.70 bits per heavy atom. The zero-order valence-corrected chi connectivity index (χ0v) is 18.6. The van der Waals surface area contributed by atoms with Gasteiger partial charge in [0.05, 0.1) is 17.3 Å². The highest BCUT2D eigenvalue weighted by atomic mass is 32.2. The smallest absolute Gasteiger partial charge is 0.233 e. The van der Waals surface area contributed by atoms with E-state index in [-0.39, 0.29) is 29.0 Å². The highest BCUT2D eigenvalue weighted by Gasteiger charge is 2.54. The summed E-state index contributed by atoms with van der Waals surface area (Å²) in [5.74, 6) is 0.256. The van der Waals surface area contributed by atoms with E-state index < -0.39 is 10.0 Å². The zero-order valence-electron chi connectivity index (χ0n) is 17.8. The number of benzene rings is 1. The molecule has 2 aliphatic heterocycles. The third kappa shape index (κ3) is 3.69. The van der Waals surface area contributed by atoms with Gasteiger partial charge in [-0.15, -0.1) is 0 Å².